The fraction of sp³-hybridized carbons (Fsp3) is 0.0741. The maximum atomic E-state index is 12.8. The van der Waals surface area contributed by atoms with Gasteiger partial charge in [-0.2, -0.15) is 0 Å². The number of pyridine rings is 1. The maximum absolute atomic E-state index is 12.8. The fourth-order valence-electron chi connectivity index (χ4n) is 3.43. The second kappa shape index (κ2) is 10.0. The van der Waals surface area contributed by atoms with Crippen LogP contribution in [0.4, 0.5) is 0 Å². The molecule has 0 bridgehead atoms. The topological polar surface area (TPSA) is 67.3 Å². The Morgan fingerprint density at radius 3 is 2.61 bits per heavy atom. The Kier molecular flexibility index (Phi) is 6.92. The minimum absolute atomic E-state index is 0.0617. The highest BCUT2D eigenvalue weighted by molar-refractivity contribution is 8.00. The predicted octanol–water partition coefficient (Wildman–Crippen LogP) is 7.04. The number of nitrogens with zero attached hydrogens (tertiary/aromatic N) is 1. The van der Waals surface area contributed by atoms with Crippen LogP contribution in [0.3, 0.4) is 0 Å². The van der Waals surface area contributed by atoms with Gasteiger partial charge in [0.2, 0.25) is 0 Å². The molecule has 0 saturated heterocycles. The fourth-order valence-corrected chi connectivity index (χ4v) is 4.64. The Labute approximate surface area is 200 Å². The third kappa shape index (κ3) is 5.51. The first-order valence-electron chi connectivity index (χ1n) is 10.2. The van der Waals surface area contributed by atoms with E-state index in [-0.39, 0.29) is 17.1 Å². The number of ketones is 1. The average molecular weight is 474 g/mol. The van der Waals surface area contributed by atoms with Gasteiger partial charge in [0.1, 0.15) is 0 Å². The monoisotopic (exact) mass is 473 g/mol. The number of carbonyl (C=O) groups is 2. The summed E-state index contributed by atoms with van der Waals surface area (Å²) in [6.45, 7) is 1.85. The molecule has 3 aromatic carbocycles. The number of rotatable bonds is 7. The first kappa shape index (κ1) is 22.8. The number of thioether (sulfide) groups is 1. The van der Waals surface area contributed by atoms with Crippen LogP contribution >= 0.6 is 23.4 Å². The van der Waals surface area contributed by atoms with Crippen molar-refractivity contribution in [2.24, 2.45) is 0 Å². The van der Waals surface area contributed by atoms with Crippen LogP contribution in [0.5, 0.6) is 0 Å². The second-order valence-electron chi connectivity index (χ2n) is 7.50. The zero-order valence-electron chi connectivity index (χ0n) is 17.8. The standard InChI is InChI=1S/C27H20ClNO3S/c1-17-4-2-7-23(27(31)32)26(17)33-16-25(30)20-6-3-5-18(14-20)8-12-22-13-10-19-9-11-21(28)15-24(19)29-22/h2-15H,16H2,1H3,(H,31,32). The minimum Gasteiger partial charge on any atom is -0.478 e. The van der Waals surface area contributed by atoms with E-state index in [1.165, 1.54) is 11.8 Å². The molecule has 1 aromatic heterocycles. The summed E-state index contributed by atoms with van der Waals surface area (Å²) in [5.74, 6) is -0.899. The van der Waals surface area contributed by atoms with Gasteiger partial charge >= 0.3 is 5.97 Å². The Hall–Kier alpha value is -3.41. The molecular weight excluding hydrogens is 454 g/mol. The molecule has 0 aliphatic carbocycles. The molecule has 0 atom stereocenters. The van der Waals surface area contributed by atoms with E-state index in [1.807, 2.05) is 73.7 Å². The second-order valence-corrected chi connectivity index (χ2v) is 8.92. The Morgan fingerprint density at radius 2 is 1.79 bits per heavy atom. The molecule has 0 fully saturated rings. The van der Waals surface area contributed by atoms with Crippen molar-refractivity contribution in [1.29, 1.82) is 0 Å². The summed E-state index contributed by atoms with van der Waals surface area (Å²) in [5, 5.41) is 11.1. The largest absolute Gasteiger partial charge is 0.478 e. The molecule has 33 heavy (non-hydrogen) atoms. The highest BCUT2D eigenvalue weighted by Crippen LogP contribution is 2.28. The number of halogens is 1. The van der Waals surface area contributed by atoms with E-state index in [0.717, 1.165) is 27.7 Å². The van der Waals surface area contributed by atoms with Crippen LogP contribution in [-0.2, 0) is 0 Å². The lowest BCUT2D eigenvalue weighted by molar-refractivity contribution is 0.0692. The summed E-state index contributed by atoms with van der Waals surface area (Å²) in [7, 11) is 0. The van der Waals surface area contributed by atoms with Gasteiger partial charge in [-0.25, -0.2) is 9.78 Å². The van der Waals surface area contributed by atoms with Crippen molar-refractivity contribution >= 4 is 58.2 Å². The molecule has 4 nitrogen and oxygen atoms in total. The van der Waals surface area contributed by atoms with E-state index >= 15 is 0 Å². The van der Waals surface area contributed by atoms with E-state index in [4.69, 9.17) is 11.6 Å². The number of aromatic nitrogens is 1. The zero-order valence-corrected chi connectivity index (χ0v) is 19.4. The van der Waals surface area contributed by atoms with E-state index in [1.54, 1.807) is 18.2 Å². The number of benzene rings is 3. The van der Waals surface area contributed by atoms with Crippen molar-refractivity contribution in [3.05, 3.63) is 106 Å². The van der Waals surface area contributed by atoms with Crippen molar-refractivity contribution in [1.82, 2.24) is 4.98 Å². The lowest BCUT2D eigenvalue weighted by Crippen LogP contribution is -2.05. The van der Waals surface area contributed by atoms with Crippen LogP contribution in [0, 0.1) is 6.92 Å². The maximum Gasteiger partial charge on any atom is 0.336 e. The number of carboxylic acids is 1. The number of fused-ring (bicyclic) bond motifs is 1. The SMILES string of the molecule is Cc1cccc(C(=O)O)c1SCC(=O)c1cccc(C=Cc2ccc3ccc(Cl)cc3n2)c1. The van der Waals surface area contributed by atoms with Crippen molar-refractivity contribution in [3.8, 4) is 0 Å². The molecule has 0 aliphatic rings. The summed E-state index contributed by atoms with van der Waals surface area (Å²) < 4.78 is 0. The highest BCUT2D eigenvalue weighted by Gasteiger charge is 2.15. The molecule has 0 radical (unpaired) electrons. The molecule has 4 aromatic rings. The number of hydrogen-bond acceptors (Lipinski definition) is 4. The smallest absolute Gasteiger partial charge is 0.336 e. The molecule has 4 rings (SSSR count). The van der Waals surface area contributed by atoms with Gasteiger partial charge < -0.3 is 5.11 Å². The van der Waals surface area contributed by atoms with Crippen LogP contribution in [0.25, 0.3) is 23.1 Å². The van der Waals surface area contributed by atoms with Gasteiger partial charge in [0.25, 0.3) is 0 Å². The molecule has 0 aliphatic heterocycles. The van der Waals surface area contributed by atoms with Gasteiger partial charge in [-0.05, 0) is 54.5 Å². The zero-order chi connectivity index (χ0) is 23.4. The normalized spacial score (nSPS) is 11.2. The molecule has 1 heterocycles. The Balaban J connectivity index is 1.49. The number of aromatic carboxylic acids is 1. The van der Waals surface area contributed by atoms with E-state index < -0.39 is 5.97 Å². The summed E-state index contributed by atoms with van der Waals surface area (Å²) in [5.41, 5.74) is 4.12. The quantitative estimate of drug-likeness (QED) is 0.230. The Morgan fingerprint density at radius 1 is 1.00 bits per heavy atom. The van der Waals surface area contributed by atoms with E-state index in [9.17, 15) is 14.7 Å². The van der Waals surface area contributed by atoms with Crippen molar-refractivity contribution in [3.63, 3.8) is 0 Å². The third-order valence-electron chi connectivity index (χ3n) is 5.12. The molecule has 6 heteroatoms. The van der Waals surface area contributed by atoms with Gasteiger partial charge in [-0.3, -0.25) is 4.79 Å². The molecule has 1 N–H and O–H groups in total. The van der Waals surface area contributed by atoms with Gasteiger partial charge in [0, 0.05) is 20.9 Å². The number of carboxylic acid groups (broad SMARTS) is 1. The lowest BCUT2D eigenvalue weighted by atomic mass is 10.1. The summed E-state index contributed by atoms with van der Waals surface area (Å²) in [6, 6.07) is 22.0. The number of aryl methyl sites for hydroxylation is 1. The molecule has 0 spiro atoms. The van der Waals surface area contributed by atoms with Gasteiger partial charge in [0.15, 0.2) is 5.78 Å². The summed E-state index contributed by atoms with van der Waals surface area (Å²) >= 11 is 7.32. The molecular formula is C27H20ClNO3S. The van der Waals surface area contributed by atoms with Crippen molar-refractivity contribution < 1.29 is 14.7 Å². The predicted molar refractivity (Wildman–Crippen MR) is 135 cm³/mol. The lowest BCUT2D eigenvalue weighted by Gasteiger charge is -2.09. The number of carbonyl (C=O) groups excluding carboxylic acids is 1. The van der Waals surface area contributed by atoms with Crippen molar-refractivity contribution in [2.75, 3.05) is 5.75 Å². The summed E-state index contributed by atoms with van der Waals surface area (Å²) in [6.07, 6.45) is 3.80. The molecule has 164 valence electrons. The van der Waals surface area contributed by atoms with Crippen LogP contribution < -0.4 is 0 Å². The van der Waals surface area contributed by atoms with E-state index in [0.29, 0.717) is 15.5 Å². The van der Waals surface area contributed by atoms with Crippen LogP contribution in [-0.4, -0.2) is 27.6 Å². The first-order valence-corrected chi connectivity index (χ1v) is 11.6. The number of hydrogen-bond donors (Lipinski definition) is 1. The average Bonchev–Trinajstić information content (AvgIpc) is 2.81. The molecule has 0 saturated carbocycles. The van der Waals surface area contributed by atoms with Crippen LogP contribution in [0.2, 0.25) is 5.02 Å². The minimum atomic E-state index is -0.995. The van der Waals surface area contributed by atoms with Crippen LogP contribution in [0.15, 0.2) is 77.7 Å². The van der Waals surface area contributed by atoms with Crippen molar-refractivity contribution in [2.45, 2.75) is 11.8 Å². The third-order valence-corrected chi connectivity index (χ3v) is 6.59. The Bertz CT molecular complexity index is 1400. The van der Waals surface area contributed by atoms with Gasteiger partial charge in [0.05, 0.1) is 22.5 Å². The first-order chi connectivity index (χ1) is 15.9. The molecule has 0 amide bonds. The highest BCUT2D eigenvalue weighted by atomic mass is 35.5. The van der Waals surface area contributed by atoms with Crippen LogP contribution in [0.1, 0.15) is 37.5 Å². The van der Waals surface area contributed by atoms with E-state index in [2.05, 4.69) is 4.98 Å². The summed E-state index contributed by atoms with van der Waals surface area (Å²) in [4.78, 5) is 29.5. The molecule has 0 unspecified atom stereocenters. The van der Waals surface area contributed by atoms with Gasteiger partial charge in [-0.15, -0.1) is 11.8 Å². The van der Waals surface area contributed by atoms with Gasteiger partial charge in [-0.1, -0.05) is 60.1 Å². The number of Topliss-reactive ketones (excluding diaryl/α,β-unsaturated/α-hetero) is 1.